The molecule has 12 heavy (non-hydrogen) atoms. The van der Waals surface area contributed by atoms with Crippen molar-refractivity contribution in [2.45, 2.75) is 26.3 Å². The Morgan fingerprint density at radius 3 is 2.50 bits per heavy atom. The van der Waals surface area contributed by atoms with Crippen molar-refractivity contribution in [2.24, 2.45) is 5.92 Å². The lowest BCUT2D eigenvalue weighted by Gasteiger charge is -2.17. The van der Waals surface area contributed by atoms with Gasteiger partial charge in [0, 0.05) is 18.3 Å². The molecule has 0 bridgehead atoms. The summed E-state index contributed by atoms with van der Waals surface area (Å²) in [6.07, 6.45) is 3.16. The van der Waals surface area contributed by atoms with Gasteiger partial charge in [-0.05, 0) is 18.6 Å². The van der Waals surface area contributed by atoms with Crippen LogP contribution in [0.15, 0.2) is 0 Å². The first kappa shape index (κ1) is 12.3. The lowest BCUT2D eigenvalue weighted by molar-refractivity contribution is 0.226. The molecule has 0 rings (SSSR count). The minimum Gasteiger partial charge on any atom is -0.395 e. The molecule has 0 aromatic heterocycles. The fraction of sp³-hybridized carbons (Fsp3) is 1.00. The molecule has 0 amide bonds. The Kier molecular flexibility index (Phi) is 8.07. The summed E-state index contributed by atoms with van der Waals surface area (Å²) < 4.78 is 0. The highest BCUT2D eigenvalue weighted by Crippen LogP contribution is 2.03. The zero-order valence-electron chi connectivity index (χ0n) is 8.34. The molecule has 3 heteroatoms. The molecule has 2 nitrogen and oxygen atoms in total. The van der Waals surface area contributed by atoms with Crippen molar-refractivity contribution >= 4 is 11.8 Å². The molecule has 2 N–H and O–H groups in total. The largest absolute Gasteiger partial charge is 0.395 e. The molecule has 0 aliphatic heterocycles. The van der Waals surface area contributed by atoms with Gasteiger partial charge in [-0.15, -0.1) is 0 Å². The quantitative estimate of drug-likeness (QED) is 0.596. The number of nitrogens with one attached hydrogen (secondary N) is 1. The summed E-state index contributed by atoms with van der Waals surface area (Å²) in [5.74, 6) is 1.78. The molecule has 0 fully saturated rings. The van der Waals surface area contributed by atoms with Crippen molar-refractivity contribution in [3.8, 4) is 0 Å². The summed E-state index contributed by atoms with van der Waals surface area (Å²) in [5.41, 5.74) is 0. The van der Waals surface area contributed by atoms with Crippen LogP contribution < -0.4 is 5.32 Å². The van der Waals surface area contributed by atoms with Crippen LogP contribution in [0.5, 0.6) is 0 Å². The van der Waals surface area contributed by atoms with Gasteiger partial charge in [0.25, 0.3) is 0 Å². The first-order valence-electron chi connectivity index (χ1n) is 4.53. The highest BCUT2D eigenvalue weighted by molar-refractivity contribution is 7.98. The monoisotopic (exact) mass is 191 g/mol. The molecule has 1 unspecified atom stereocenters. The topological polar surface area (TPSA) is 32.3 Å². The minimum atomic E-state index is 0.257. The van der Waals surface area contributed by atoms with Crippen LogP contribution in [-0.2, 0) is 0 Å². The first-order valence-corrected chi connectivity index (χ1v) is 5.93. The molecule has 0 aromatic carbocycles. The third-order valence-corrected chi connectivity index (χ3v) is 2.33. The van der Waals surface area contributed by atoms with E-state index >= 15 is 0 Å². The predicted octanol–water partition coefficient (Wildman–Crippen LogP) is 1.35. The van der Waals surface area contributed by atoms with Gasteiger partial charge in [0.05, 0.1) is 6.61 Å². The summed E-state index contributed by atoms with van der Waals surface area (Å²) in [7, 11) is 0. The fourth-order valence-corrected chi connectivity index (χ4v) is 1.48. The average molecular weight is 191 g/mol. The molecule has 0 heterocycles. The van der Waals surface area contributed by atoms with Crippen molar-refractivity contribution in [3.63, 3.8) is 0 Å². The van der Waals surface area contributed by atoms with Crippen LogP contribution >= 0.6 is 11.8 Å². The molecular formula is C9H21NOS. The Hall–Kier alpha value is 0.270. The third kappa shape index (κ3) is 6.95. The minimum absolute atomic E-state index is 0.257. The highest BCUT2D eigenvalue weighted by atomic mass is 32.2. The molecule has 74 valence electrons. The Balaban J connectivity index is 3.39. The van der Waals surface area contributed by atoms with Crippen LogP contribution in [-0.4, -0.2) is 36.3 Å². The molecule has 0 aliphatic rings. The molecular weight excluding hydrogens is 170 g/mol. The van der Waals surface area contributed by atoms with Crippen molar-refractivity contribution in [3.05, 3.63) is 0 Å². The Bertz CT molecular complexity index is 98.5. The van der Waals surface area contributed by atoms with Gasteiger partial charge >= 0.3 is 0 Å². The van der Waals surface area contributed by atoms with Crippen LogP contribution in [0.25, 0.3) is 0 Å². The van der Waals surface area contributed by atoms with Crippen LogP contribution in [0.4, 0.5) is 0 Å². The number of hydrogen-bond acceptors (Lipinski definition) is 3. The Morgan fingerprint density at radius 1 is 1.42 bits per heavy atom. The predicted molar refractivity (Wildman–Crippen MR) is 56.7 cm³/mol. The maximum Gasteiger partial charge on any atom is 0.0584 e. The first-order chi connectivity index (χ1) is 5.70. The number of aliphatic hydroxyl groups is 1. The molecule has 0 saturated carbocycles. The van der Waals surface area contributed by atoms with E-state index in [0.717, 1.165) is 18.7 Å². The van der Waals surface area contributed by atoms with E-state index in [9.17, 15) is 0 Å². The molecule has 0 spiro atoms. The van der Waals surface area contributed by atoms with Gasteiger partial charge in [0.1, 0.15) is 0 Å². The van der Waals surface area contributed by atoms with E-state index in [1.54, 1.807) is 0 Å². The second-order valence-electron chi connectivity index (χ2n) is 3.46. The second-order valence-corrected chi connectivity index (χ2v) is 4.44. The number of hydrogen-bond donors (Lipinski definition) is 2. The highest BCUT2D eigenvalue weighted by Gasteiger charge is 2.07. The standard InChI is InChI=1S/C9H21NOS/c1-8(2)6-9(7-11)10-4-5-12-3/h8-11H,4-7H2,1-3H3. The molecule has 0 aromatic rings. The molecule has 0 radical (unpaired) electrons. The molecule has 0 saturated heterocycles. The Labute approximate surface area is 80.1 Å². The van der Waals surface area contributed by atoms with Crippen molar-refractivity contribution in [2.75, 3.05) is 25.2 Å². The summed E-state index contributed by atoms with van der Waals surface area (Å²) in [5, 5.41) is 12.3. The number of rotatable bonds is 7. The van der Waals surface area contributed by atoms with Gasteiger partial charge in [-0.25, -0.2) is 0 Å². The van der Waals surface area contributed by atoms with Gasteiger partial charge in [-0.1, -0.05) is 13.8 Å². The lowest BCUT2D eigenvalue weighted by atomic mass is 10.0. The van der Waals surface area contributed by atoms with E-state index in [1.165, 1.54) is 0 Å². The van der Waals surface area contributed by atoms with E-state index in [2.05, 4.69) is 25.4 Å². The summed E-state index contributed by atoms with van der Waals surface area (Å²) in [6.45, 7) is 5.61. The van der Waals surface area contributed by atoms with Crippen molar-refractivity contribution in [1.82, 2.24) is 5.32 Å². The molecule has 1 atom stereocenters. The summed E-state index contributed by atoms with van der Waals surface area (Å²) in [4.78, 5) is 0. The van der Waals surface area contributed by atoms with Gasteiger partial charge in [-0.2, -0.15) is 11.8 Å². The maximum absolute atomic E-state index is 9.00. The smallest absolute Gasteiger partial charge is 0.0584 e. The Morgan fingerprint density at radius 2 is 2.08 bits per heavy atom. The van der Waals surface area contributed by atoms with Gasteiger partial charge in [-0.3, -0.25) is 0 Å². The fourth-order valence-electron chi connectivity index (χ4n) is 1.16. The summed E-state index contributed by atoms with van der Waals surface area (Å²) >= 11 is 1.83. The average Bonchev–Trinajstić information content (AvgIpc) is 2.02. The third-order valence-electron chi connectivity index (χ3n) is 1.72. The van der Waals surface area contributed by atoms with Crippen LogP contribution in [0, 0.1) is 5.92 Å². The van der Waals surface area contributed by atoms with Crippen LogP contribution in [0.2, 0.25) is 0 Å². The molecule has 0 aliphatic carbocycles. The second kappa shape index (κ2) is 7.90. The van der Waals surface area contributed by atoms with Gasteiger partial charge in [0.2, 0.25) is 0 Å². The van der Waals surface area contributed by atoms with E-state index in [-0.39, 0.29) is 12.6 Å². The van der Waals surface area contributed by atoms with E-state index in [1.807, 2.05) is 11.8 Å². The van der Waals surface area contributed by atoms with Crippen molar-refractivity contribution in [1.29, 1.82) is 0 Å². The van der Waals surface area contributed by atoms with E-state index < -0.39 is 0 Å². The lowest BCUT2D eigenvalue weighted by Crippen LogP contribution is -2.35. The van der Waals surface area contributed by atoms with Crippen LogP contribution in [0.1, 0.15) is 20.3 Å². The van der Waals surface area contributed by atoms with Gasteiger partial charge < -0.3 is 10.4 Å². The zero-order chi connectivity index (χ0) is 9.40. The zero-order valence-corrected chi connectivity index (χ0v) is 9.16. The number of thioether (sulfide) groups is 1. The van der Waals surface area contributed by atoms with E-state index in [4.69, 9.17) is 5.11 Å². The van der Waals surface area contributed by atoms with E-state index in [0.29, 0.717) is 5.92 Å². The SMILES string of the molecule is CSCCNC(CO)CC(C)C. The van der Waals surface area contributed by atoms with Gasteiger partial charge in [0.15, 0.2) is 0 Å². The maximum atomic E-state index is 9.00. The summed E-state index contributed by atoms with van der Waals surface area (Å²) in [6, 6.07) is 0.289. The van der Waals surface area contributed by atoms with Crippen LogP contribution in [0.3, 0.4) is 0 Å². The number of aliphatic hydroxyl groups excluding tert-OH is 1. The normalized spacial score (nSPS) is 13.8. The van der Waals surface area contributed by atoms with Crippen molar-refractivity contribution < 1.29 is 5.11 Å².